The third-order valence-corrected chi connectivity index (χ3v) is 12.2. The maximum atomic E-state index is 2.55. The van der Waals surface area contributed by atoms with Crippen LogP contribution in [0.2, 0.25) is 0 Å². The van der Waals surface area contributed by atoms with Crippen LogP contribution in [0.15, 0.2) is 146 Å². The fourth-order valence-electron chi connectivity index (χ4n) is 8.82. The summed E-state index contributed by atoms with van der Waals surface area (Å²) in [6, 6.07) is 55.6. The van der Waals surface area contributed by atoms with Gasteiger partial charge in [-0.2, -0.15) is 0 Å². The van der Waals surface area contributed by atoms with Gasteiger partial charge in [0, 0.05) is 45.5 Å². The summed E-state index contributed by atoms with van der Waals surface area (Å²) >= 11 is 0. The summed E-state index contributed by atoms with van der Waals surface area (Å²) in [6.07, 6.45) is 0. The van der Waals surface area contributed by atoms with E-state index < -0.39 is 0 Å². The zero-order valence-corrected chi connectivity index (χ0v) is 35.8. The number of fused-ring (bicyclic) bond motifs is 4. The van der Waals surface area contributed by atoms with Crippen molar-refractivity contribution >= 4 is 74.3 Å². The monoisotopic (exact) mass is 755 g/mol. The average molecular weight is 756 g/mol. The number of benzene rings is 7. The van der Waals surface area contributed by atoms with Crippen molar-refractivity contribution in [3.8, 4) is 0 Å². The second-order valence-electron chi connectivity index (χ2n) is 18.7. The second-order valence-corrected chi connectivity index (χ2v) is 18.7. The van der Waals surface area contributed by atoms with Gasteiger partial charge in [-0.05, 0) is 139 Å². The highest BCUT2D eigenvalue weighted by molar-refractivity contribution is 7.00. The van der Waals surface area contributed by atoms with E-state index in [9.17, 15) is 0 Å². The van der Waals surface area contributed by atoms with Crippen molar-refractivity contribution in [1.82, 2.24) is 0 Å². The first kappa shape index (κ1) is 37.6. The molecule has 2 aliphatic rings. The summed E-state index contributed by atoms with van der Waals surface area (Å²) in [5.74, 6) is 0. The van der Waals surface area contributed by atoms with Crippen LogP contribution in [0.1, 0.15) is 74.9 Å². The van der Waals surface area contributed by atoms with Crippen molar-refractivity contribution < 1.29 is 0 Å². The Morgan fingerprint density at radius 1 is 0.379 bits per heavy atom. The van der Waals surface area contributed by atoms with E-state index in [-0.39, 0.29) is 17.5 Å². The van der Waals surface area contributed by atoms with Crippen LogP contribution in [0.5, 0.6) is 0 Å². The van der Waals surface area contributed by atoms with E-state index in [0.717, 1.165) is 28.4 Å². The predicted molar refractivity (Wildman–Crippen MR) is 251 cm³/mol. The average Bonchev–Trinajstić information content (AvgIpc) is 3.19. The largest absolute Gasteiger partial charge is 0.311 e. The van der Waals surface area contributed by atoms with E-state index in [4.69, 9.17) is 0 Å². The Balaban J connectivity index is 1.43. The van der Waals surface area contributed by atoms with Gasteiger partial charge in [-0.25, -0.2) is 0 Å². The van der Waals surface area contributed by atoms with E-state index in [2.05, 4.69) is 230 Å². The molecule has 0 bridgehead atoms. The van der Waals surface area contributed by atoms with Gasteiger partial charge in [0.2, 0.25) is 0 Å². The van der Waals surface area contributed by atoms with E-state index in [1.165, 1.54) is 72.5 Å². The molecule has 0 spiro atoms. The lowest BCUT2D eigenvalue weighted by Crippen LogP contribution is -2.61. The molecular weight excluding hydrogens is 701 g/mol. The quantitative estimate of drug-likeness (QED) is 0.162. The number of anilines is 9. The van der Waals surface area contributed by atoms with Crippen LogP contribution in [0.3, 0.4) is 0 Å². The minimum absolute atomic E-state index is 0.0245. The van der Waals surface area contributed by atoms with Crippen LogP contribution >= 0.6 is 0 Å². The van der Waals surface area contributed by atoms with Gasteiger partial charge < -0.3 is 14.7 Å². The lowest BCUT2D eigenvalue weighted by molar-refractivity contribution is 0.590. The number of hydrogen-bond acceptors (Lipinski definition) is 3. The molecule has 0 fully saturated rings. The van der Waals surface area contributed by atoms with Crippen LogP contribution < -0.4 is 31.1 Å². The van der Waals surface area contributed by atoms with E-state index >= 15 is 0 Å². The Morgan fingerprint density at radius 3 is 1.07 bits per heavy atom. The molecular formula is C54H54BN3. The van der Waals surface area contributed by atoms with Crippen LogP contribution in [0.25, 0.3) is 0 Å². The van der Waals surface area contributed by atoms with Crippen LogP contribution in [0, 0.1) is 27.7 Å². The first-order valence-corrected chi connectivity index (χ1v) is 20.8. The van der Waals surface area contributed by atoms with Gasteiger partial charge in [0.05, 0.1) is 5.69 Å². The number of rotatable bonds is 5. The molecule has 7 aromatic rings. The molecule has 3 nitrogen and oxygen atoms in total. The normalized spacial score (nSPS) is 13.2. The maximum absolute atomic E-state index is 2.55. The zero-order valence-electron chi connectivity index (χ0n) is 35.8. The Kier molecular flexibility index (Phi) is 8.96. The number of hydrogen-bond donors (Lipinski definition) is 0. The van der Waals surface area contributed by atoms with Gasteiger partial charge in [0.15, 0.2) is 0 Å². The lowest BCUT2D eigenvalue weighted by Gasteiger charge is -2.45. The molecule has 0 unspecified atom stereocenters. The second kappa shape index (κ2) is 13.8. The molecule has 0 amide bonds. The van der Waals surface area contributed by atoms with Gasteiger partial charge in [-0.1, -0.05) is 137 Å². The molecule has 2 aliphatic heterocycles. The third-order valence-electron chi connectivity index (χ3n) is 12.2. The van der Waals surface area contributed by atoms with Gasteiger partial charge in [-0.15, -0.1) is 0 Å². The molecule has 288 valence electrons. The fraction of sp³-hybridized carbons (Fsp3) is 0.222. The topological polar surface area (TPSA) is 9.72 Å². The third kappa shape index (κ3) is 6.49. The molecule has 0 atom stereocenters. The Bertz CT molecular complexity index is 2480. The van der Waals surface area contributed by atoms with Crippen molar-refractivity contribution in [1.29, 1.82) is 0 Å². The zero-order chi connectivity index (χ0) is 40.7. The summed E-state index contributed by atoms with van der Waals surface area (Å²) in [7, 11) is 0. The number of nitrogens with zero attached hydrogens (tertiary/aromatic N) is 3. The first-order chi connectivity index (χ1) is 27.7. The van der Waals surface area contributed by atoms with Crippen LogP contribution in [0.4, 0.5) is 51.2 Å². The molecule has 9 rings (SSSR count). The van der Waals surface area contributed by atoms with E-state index in [1.54, 1.807) is 0 Å². The van der Waals surface area contributed by atoms with Crippen molar-refractivity contribution in [3.63, 3.8) is 0 Å². The predicted octanol–water partition coefficient (Wildman–Crippen LogP) is 13.1. The van der Waals surface area contributed by atoms with Crippen LogP contribution in [-0.4, -0.2) is 6.71 Å². The first-order valence-electron chi connectivity index (χ1n) is 20.8. The van der Waals surface area contributed by atoms with E-state index in [1.807, 2.05) is 0 Å². The standard InChI is InChI=1S/C54H54BN3/c1-35-11-21-41(22-12-35)56(42-23-13-36(2)14-24-42)45-33-50-52-51(34-45)58(44-27-17-38(4)18-28-44)49-32-40(54(8,9)10)20-30-47(49)55(52)46-29-19-39(53(5,6)7)31-48(46)57(50)43-25-15-37(3)16-26-43/h11-34H,1-10H3. The molecule has 4 heteroatoms. The molecule has 7 aromatic carbocycles. The van der Waals surface area contributed by atoms with Crippen molar-refractivity contribution in [2.75, 3.05) is 14.7 Å². The Labute approximate surface area is 346 Å². The summed E-state index contributed by atoms with van der Waals surface area (Å²) < 4.78 is 0. The Morgan fingerprint density at radius 2 is 0.724 bits per heavy atom. The summed E-state index contributed by atoms with van der Waals surface area (Å²) in [5, 5.41) is 0. The molecule has 2 heterocycles. The van der Waals surface area contributed by atoms with Crippen molar-refractivity contribution in [3.05, 3.63) is 179 Å². The summed E-state index contributed by atoms with van der Waals surface area (Å²) in [4.78, 5) is 7.54. The maximum Gasteiger partial charge on any atom is 0.252 e. The summed E-state index contributed by atoms with van der Waals surface area (Å²) in [5.41, 5.74) is 22.1. The smallest absolute Gasteiger partial charge is 0.252 e. The van der Waals surface area contributed by atoms with Crippen molar-refractivity contribution in [2.45, 2.75) is 80.1 Å². The summed E-state index contributed by atoms with van der Waals surface area (Å²) in [6.45, 7) is 22.6. The molecule has 58 heavy (non-hydrogen) atoms. The Hall–Kier alpha value is -6.00. The van der Waals surface area contributed by atoms with Crippen molar-refractivity contribution in [2.24, 2.45) is 0 Å². The highest BCUT2D eigenvalue weighted by atomic mass is 15.2. The van der Waals surface area contributed by atoms with Gasteiger partial charge in [0.25, 0.3) is 6.71 Å². The number of aryl methyl sites for hydroxylation is 4. The molecule has 0 saturated carbocycles. The van der Waals surface area contributed by atoms with Gasteiger partial charge >= 0.3 is 0 Å². The van der Waals surface area contributed by atoms with E-state index in [0.29, 0.717) is 0 Å². The minimum Gasteiger partial charge on any atom is -0.311 e. The lowest BCUT2D eigenvalue weighted by atomic mass is 9.33. The SMILES string of the molecule is Cc1ccc(N(c2ccc(C)cc2)c2cc3c4c(c2)N(c2ccc(C)cc2)c2cc(C(C)(C)C)ccc2B4c2ccc(C(C)(C)C)cc2N3c2ccc(C)cc2)cc1. The van der Waals surface area contributed by atoms with Gasteiger partial charge in [0.1, 0.15) is 0 Å². The highest BCUT2D eigenvalue weighted by Crippen LogP contribution is 2.49. The molecule has 0 saturated heterocycles. The fourth-order valence-corrected chi connectivity index (χ4v) is 8.82. The molecule has 0 N–H and O–H groups in total. The van der Waals surface area contributed by atoms with Crippen LogP contribution in [-0.2, 0) is 10.8 Å². The molecule has 0 aliphatic carbocycles. The minimum atomic E-state index is -0.0245. The highest BCUT2D eigenvalue weighted by Gasteiger charge is 2.44. The van der Waals surface area contributed by atoms with Gasteiger partial charge in [-0.3, -0.25) is 0 Å². The molecule has 0 aromatic heterocycles. The molecule has 0 radical (unpaired) electrons.